The number of ether oxygens (including phenoxy) is 5. The fourth-order valence-corrected chi connectivity index (χ4v) is 7.93. The Labute approximate surface area is 282 Å². The predicted octanol–water partition coefficient (Wildman–Crippen LogP) is 1.32. The molecule has 2 aromatic rings. The summed E-state index contributed by atoms with van der Waals surface area (Å²) in [5, 5.41) is 20.6. The van der Waals surface area contributed by atoms with Gasteiger partial charge in [0.1, 0.15) is 0 Å². The lowest BCUT2D eigenvalue weighted by atomic mass is 9.65. The molecule has 14 nitrogen and oxygen atoms in total. The number of cyclic esters (lactones) is 1. The number of benzene rings is 2. The number of nitrogens with two attached hydrogens (primary N) is 1. The van der Waals surface area contributed by atoms with E-state index < -0.39 is 39.8 Å². The minimum atomic E-state index is -3.77. The first-order valence-electron chi connectivity index (χ1n) is 16.6. The van der Waals surface area contributed by atoms with Crippen molar-refractivity contribution in [2.75, 3.05) is 79.2 Å². The van der Waals surface area contributed by atoms with Gasteiger partial charge < -0.3 is 50.5 Å². The SMILES string of the molecule is COc1cc(C2c3cc4c(cc3C(NS(=O)(=O)CCNCCCNCCCCNCCCN)C3COC(=O)C23)OCO4)cc(OC)c1O. The van der Waals surface area contributed by atoms with Crippen LogP contribution >= 0.6 is 0 Å². The molecule has 0 radical (unpaired) electrons. The molecule has 0 spiro atoms. The van der Waals surface area contributed by atoms with E-state index in [1.807, 2.05) is 0 Å². The number of carbonyl (C=O) groups excluding carboxylic acids is 1. The zero-order valence-electron chi connectivity index (χ0n) is 27.7. The van der Waals surface area contributed by atoms with E-state index in [1.165, 1.54) is 14.2 Å². The van der Waals surface area contributed by atoms with Crippen molar-refractivity contribution in [3.63, 3.8) is 0 Å². The number of hydrogen-bond donors (Lipinski definition) is 6. The lowest BCUT2D eigenvalue weighted by molar-refractivity contribution is -0.141. The summed E-state index contributed by atoms with van der Waals surface area (Å²) < 4.78 is 57.6. The molecule has 5 rings (SSSR count). The zero-order valence-corrected chi connectivity index (χ0v) is 28.5. The topological polar surface area (TPSA) is 192 Å². The van der Waals surface area contributed by atoms with Gasteiger partial charge in [0.15, 0.2) is 23.0 Å². The molecule has 266 valence electrons. The number of aromatic hydroxyl groups is 1. The van der Waals surface area contributed by atoms with Crippen LogP contribution in [0, 0.1) is 11.8 Å². The Morgan fingerprint density at radius 1 is 0.833 bits per heavy atom. The third-order valence-electron chi connectivity index (χ3n) is 9.12. The number of carbonyl (C=O) groups is 1. The average Bonchev–Trinajstić information content (AvgIpc) is 3.70. The van der Waals surface area contributed by atoms with Crippen molar-refractivity contribution < 1.29 is 42.0 Å². The van der Waals surface area contributed by atoms with Gasteiger partial charge in [0.05, 0.1) is 38.5 Å². The molecule has 1 fully saturated rings. The number of fused-ring (bicyclic) bond motifs is 3. The fourth-order valence-electron chi connectivity index (χ4n) is 6.71. The summed E-state index contributed by atoms with van der Waals surface area (Å²) in [6, 6.07) is 6.17. The molecule has 4 atom stereocenters. The highest BCUT2D eigenvalue weighted by molar-refractivity contribution is 7.89. The quantitative estimate of drug-likeness (QED) is 0.0862. The van der Waals surface area contributed by atoms with Crippen LogP contribution in [0.1, 0.15) is 54.3 Å². The highest BCUT2D eigenvalue weighted by atomic mass is 32.2. The van der Waals surface area contributed by atoms with Crippen molar-refractivity contribution in [2.45, 2.75) is 37.6 Å². The predicted molar refractivity (Wildman–Crippen MR) is 179 cm³/mol. The third-order valence-corrected chi connectivity index (χ3v) is 10.5. The number of unbranched alkanes of at least 4 members (excludes halogenated alkanes) is 1. The monoisotopic (exact) mass is 691 g/mol. The summed E-state index contributed by atoms with van der Waals surface area (Å²) in [5.41, 5.74) is 7.50. The molecule has 0 saturated carbocycles. The van der Waals surface area contributed by atoms with Crippen LogP contribution in [0.15, 0.2) is 24.3 Å². The Morgan fingerprint density at radius 2 is 1.42 bits per heavy atom. The number of hydrogen-bond acceptors (Lipinski definition) is 13. The van der Waals surface area contributed by atoms with Gasteiger partial charge in [0.25, 0.3) is 0 Å². The first-order chi connectivity index (χ1) is 23.3. The lowest BCUT2D eigenvalue weighted by Crippen LogP contribution is -2.44. The third kappa shape index (κ3) is 8.44. The second-order valence-corrected chi connectivity index (χ2v) is 14.1. The molecule has 15 heteroatoms. The van der Waals surface area contributed by atoms with Gasteiger partial charge in [0, 0.05) is 18.4 Å². The van der Waals surface area contributed by atoms with Crippen LogP contribution < -0.4 is 45.4 Å². The Balaban J connectivity index is 1.23. The van der Waals surface area contributed by atoms with Gasteiger partial charge in [-0.2, -0.15) is 0 Å². The van der Waals surface area contributed by atoms with Gasteiger partial charge in [-0.15, -0.1) is 0 Å². The molecular formula is C33H49N5O9S. The Morgan fingerprint density at radius 3 is 2.04 bits per heavy atom. The number of rotatable bonds is 20. The number of phenols is 1. The van der Waals surface area contributed by atoms with E-state index in [0.717, 1.165) is 51.9 Å². The first kappa shape index (κ1) is 36.0. The highest BCUT2D eigenvalue weighted by Crippen LogP contribution is 2.55. The molecule has 0 amide bonds. The largest absolute Gasteiger partial charge is 0.502 e. The van der Waals surface area contributed by atoms with Crippen molar-refractivity contribution >= 4 is 16.0 Å². The lowest BCUT2D eigenvalue weighted by Gasteiger charge is -2.39. The van der Waals surface area contributed by atoms with Gasteiger partial charge in [-0.25, -0.2) is 13.1 Å². The minimum Gasteiger partial charge on any atom is -0.502 e. The Bertz CT molecular complexity index is 1480. The van der Waals surface area contributed by atoms with Crippen molar-refractivity contribution in [3.8, 4) is 28.7 Å². The Kier molecular flexibility index (Phi) is 12.6. The van der Waals surface area contributed by atoms with Crippen molar-refractivity contribution in [2.24, 2.45) is 17.6 Å². The van der Waals surface area contributed by atoms with Gasteiger partial charge in [-0.05, 0) is 106 Å². The van der Waals surface area contributed by atoms with Crippen LogP contribution in [0.3, 0.4) is 0 Å². The molecule has 1 saturated heterocycles. The number of nitrogens with one attached hydrogen (secondary N) is 4. The smallest absolute Gasteiger partial charge is 0.310 e. The average molecular weight is 692 g/mol. The van der Waals surface area contributed by atoms with Crippen LogP contribution in [-0.4, -0.2) is 98.7 Å². The molecule has 7 N–H and O–H groups in total. The first-order valence-corrected chi connectivity index (χ1v) is 18.3. The standard InChI is InChI=1S/C33H49N5O9S/c1-43-27-15-21(16-28(44-2)32(27)39)29-22-17-25-26(47-20-46-25)18-23(22)31(24-19-45-33(40)30(24)29)38-48(41,42)14-13-37-12-6-11-36-9-4-3-8-35-10-5-7-34/h15-18,24,29-31,35-39H,3-14,19-20,34H2,1-2H3. The van der Waals surface area contributed by atoms with Crippen LogP contribution in [0.4, 0.5) is 0 Å². The molecule has 0 bridgehead atoms. The number of methoxy groups -OCH3 is 2. The summed E-state index contributed by atoms with van der Waals surface area (Å²) in [6.45, 7) is 5.51. The van der Waals surface area contributed by atoms with Crippen molar-refractivity contribution in [1.29, 1.82) is 0 Å². The fraction of sp³-hybridized carbons (Fsp3) is 0.606. The van der Waals surface area contributed by atoms with E-state index in [0.29, 0.717) is 41.3 Å². The summed E-state index contributed by atoms with van der Waals surface area (Å²) in [7, 11) is -0.908. The van der Waals surface area contributed by atoms with Crippen molar-refractivity contribution in [3.05, 3.63) is 41.0 Å². The molecule has 4 unspecified atom stereocenters. The number of esters is 1. The molecule has 2 heterocycles. The van der Waals surface area contributed by atoms with Crippen LogP contribution in [0.25, 0.3) is 0 Å². The Hall–Kier alpha value is -3.34. The summed E-state index contributed by atoms with van der Waals surface area (Å²) in [5.74, 6) is -1.15. The summed E-state index contributed by atoms with van der Waals surface area (Å²) >= 11 is 0. The van der Waals surface area contributed by atoms with Gasteiger partial charge in [-0.3, -0.25) is 4.79 Å². The second-order valence-electron chi connectivity index (χ2n) is 12.3. The highest BCUT2D eigenvalue weighted by Gasteiger charge is 2.53. The number of phenolic OH excluding ortho intramolecular Hbond substituents is 1. The van der Waals surface area contributed by atoms with Crippen LogP contribution in [0.2, 0.25) is 0 Å². The summed E-state index contributed by atoms with van der Waals surface area (Å²) in [6.07, 6.45) is 4.08. The normalized spacial score (nSPS) is 21.1. The minimum absolute atomic E-state index is 0.0311. The van der Waals surface area contributed by atoms with Crippen LogP contribution in [-0.2, 0) is 19.6 Å². The van der Waals surface area contributed by atoms with E-state index >= 15 is 0 Å². The maximum atomic E-state index is 13.5. The maximum absolute atomic E-state index is 13.5. The van der Waals surface area contributed by atoms with Gasteiger partial charge in [-0.1, -0.05) is 0 Å². The molecular weight excluding hydrogens is 642 g/mol. The van der Waals surface area contributed by atoms with Gasteiger partial charge in [0.2, 0.25) is 22.6 Å². The van der Waals surface area contributed by atoms with E-state index in [4.69, 9.17) is 29.4 Å². The zero-order chi connectivity index (χ0) is 34.1. The van der Waals surface area contributed by atoms with Crippen molar-refractivity contribution in [1.82, 2.24) is 20.7 Å². The number of sulfonamides is 1. The van der Waals surface area contributed by atoms with E-state index in [1.54, 1.807) is 24.3 Å². The molecule has 2 aromatic carbocycles. The van der Waals surface area contributed by atoms with Gasteiger partial charge >= 0.3 is 5.97 Å². The summed E-state index contributed by atoms with van der Waals surface area (Å²) in [4.78, 5) is 13.4. The van der Waals surface area contributed by atoms with E-state index in [-0.39, 0.29) is 42.9 Å². The molecule has 2 aliphatic heterocycles. The molecule has 48 heavy (non-hydrogen) atoms. The van der Waals surface area contributed by atoms with E-state index in [9.17, 15) is 18.3 Å². The molecule has 1 aliphatic carbocycles. The molecule has 0 aromatic heterocycles. The molecule has 3 aliphatic rings. The van der Waals surface area contributed by atoms with Crippen LogP contribution in [0.5, 0.6) is 28.7 Å². The maximum Gasteiger partial charge on any atom is 0.310 e. The van der Waals surface area contributed by atoms with E-state index in [2.05, 4.69) is 20.7 Å². The second kappa shape index (κ2) is 16.9.